The number of fused-ring (bicyclic) bond motifs is 1. The van der Waals surface area contributed by atoms with Gasteiger partial charge in [0.1, 0.15) is 5.82 Å². The summed E-state index contributed by atoms with van der Waals surface area (Å²) in [6, 6.07) is 10.5. The Hall–Kier alpha value is -1.77. The topological polar surface area (TPSA) is 29.9 Å². The molecule has 0 radical (unpaired) electrons. The number of rotatable bonds is 1. The Balaban J connectivity index is 2.07. The molecule has 1 aliphatic rings. The van der Waals surface area contributed by atoms with Crippen LogP contribution in [0.1, 0.15) is 12.0 Å². The van der Waals surface area contributed by atoms with Gasteiger partial charge >= 0.3 is 0 Å². The average Bonchev–Trinajstić information content (AvgIpc) is 2.73. The summed E-state index contributed by atoms with van der Waals surface area (Å²) in [7, 11) is 0. The van der Waals surface area contributed by atoms with Crippen molar-refractivity contribution < 1.29 is 0 Å². The van der Waals surface area contributed by atoms with Crippen molar-refractivity contribution in [3.05, 3.63) is 35.9 Å². The van der Waals surface area contributed by atoms with E-state index in [1.165, 1.54) is 11.1 Å². The summed E-state index contributed by atoms with van der Waals surface area (Å²) < 4.78 is 2.06. The third-order valence-electron chi connectivity index (χ3n) is 3.05. The molecule has 0 saturated heterocycles. The highest BCUT2D eigenvalue weighted by molar-refractivity contribution is 5.66. The quantitative estimate of drug-likeness (QED) is 0.789. The van der Waals surface area contributed by atoms with Gasteiger partial charge in [0.2, 0.25) is 0 Å². The second-order valence-electron chi connectivity index (χ2n) is 4.23. The zero-order chi connectivity index (χ0) is 11.0. The number of aromatic nitrogens is 2. The normalized spacial score (nSPS) is 14.3. The zero-order valence-corrected chi connectivity index (χ0v) is 9.40. The lowest BCUT2D eigenvalue weighted by atomic mass is 10.1. The maximum Gasteiger partial charge on any atom is 0.124 e. The molecule has 2 heterocycles. The Morgan fingerprint density at radius 2 is 2.19 bits per heavy atom. The summed E-state index contributed by atoms with van der Waals surface area (Å²) in [5.41, 5.74) is 3.58. The van der Waals surface area contributed by atoms with Crippen molar-refractivity contribution in [1.29, 1.82) is 0 Å². The van der Waals surface area contributed by atoms with Gasteiger partial charge in [-0.3, -0.25) is 0 Å². The Bertz CT molecular complexity index is 490. The first-order valence-electron chi connectivity index (χ1n) is 5.72. The van der Waals surface area contributed by atoms with Crippen LogP contribution in [0.5, 0.6) is 0 Å². The molecule has 2 aromatic rings. The van der Waals surface area contributed by atoms with Gasteiger partial charge in [0.15, 0.2) is 0 Å². The minimum absolute atomic E-state index is 1.02. The van der Waals surface area contributed by atoms with Gasteiger partial charge in [-0.2, -0.15) is 5.10 Å². The van der Waals surface area contributed by atoms with E-state index in [0.29, 0.717) is 0 Å². The number of benzene rings is 1. The Kier molecular flexibility index (Phi) is 2.17. The standard InChI is InChI=1S/C13H15N3/c1-10-5-2-3-6-11(10)12-9-13-14-7-4-8-16(13)15-12/h2-3,5-6,9,14H,4,7-8H2,1H3. The second-order valence-corrected chi connectivity index (χ2v) is 4.23. The highest BCUT2D eigenvalue weighted by atomic mass is 15.3. The van der Waals surface area contributed by atoms with Crippen LogP contribution in [0.15, 0.2) is 30.3 Å². The molecule has 1 N–H and O–H groups in total. The number of aryl methyl sites for hydroxylation is 2. The molecule has 1 aliphatic heterocycles. The summed E-state index contributed by atoms with van der Waals surface area (Å²) in [5.74, 6) is 1.14. The summed E-state index contributed by atoms with van der Waals surface area (Å²) in [5, 5.41) is 8.01. The molecule has 0 amide bonds. The van der Waals surface area contributed by atoms with Gasteiger partial charge in [-0.25, -0.2) is 4.68 Å². The molecule has 0 aliphatic carbocycles. The Labute approximate surface area is 95.1 Å². The molecule has 82 valence electrons. The molecule has 0 unspecified atom stereocenters. The molecule has 0 spiro atoms. The lowest BCUT2D eigenvalue weighted by Crippen LogP contribution is -2.17. The second kappa shape index (κ2) is 3.67. The fraction of sp³-hybridized carbons (Fsp3) is 0.308. The number of hydrogen-bond donors (Lipinski definition) is 1. The van der Waals surface area contributed by atoms with E-state index in [4.69, 9.17) is 0 Å². The van der Waals surface area contributed by atoms with Crippen molar-refractivity contribution in [2.75, 3.05) is 11.9 Å². The molecule has 3 rings (SSSR count). The summed E-state index contributed by atoms with van der Waals surface area (Å²) >= 11 is 0. The smallest absolute Gasteiger partial charge is 0.124 e. The van der Waals surface area contributed by atoms with E-state index < -0.39 is 0 Å². The largest absolute Gasteiger partial charge is 0.370 e. The highest BCUT2D eigenvalue weighted by Crippen LogP contribution is 2.26. The van der Waals surface area contributed by atoms with Crippen molar-refractivity contribution in [1.82, 2.24) is 9.78 Å². The predicted molar refractivity (Wildman–Crippen MR) is 65.5 cm³/mol. The average molecular weight is 213 g/mol. The molecule has 0 saturated carbocycles. The maximum absolute atomic E-state index is 4.64. The van der Waals surface area contributed by atoms with E-state index in [1.807, 2.05) is 0 Å². The first-order valence-corrected chi connectivity index (χ1v) is 5.72. The molecule has 1 aromatic heterocycles. The fourth-order valence-electron chi connectivity index (χ4n) is 2.17. The zero-order valence-electron chi connectivity index (χ0n) is 9.40. The molecule has 0 fully saturated rings. The lowest BCUT2D eigenvalue weighted by molar-refractivity contribution is 0.569. The molecule has 0 atom stereocenters. The first-order chi connectivity index (χ1) is 7.84. The van der Waals surface area contributed by atoms with Crippen molar-refractivity contribution in [3.8, 4) is 11.3 Å². The van der Waals surface area contributed by atoms with Crippen LogP contribution < -0.4 is 5.32 Å². The molecule has 0 bridgehead atoms. The minimum Gasteiger partial charge on any atom is -0.370 e. The first kappa shape index (κ1) is 9.46. The number of nitrogens with zero attached hydrogens (tertiary/aromatic N) is 2. The lowest BCUT2D eigenvalue weighted by Gasteiger charge is -2.14. The summed E-state index contributed by atoms with van der Waals surface area (Å²) in [4.78, 5) is 0. The molecule has 16 heavy (non-hydrogen) atoms. The van der Waals surface area contributed by atoms with Crippen LogP contribution in [0.2, 0.25) is 0 Å². The van der Waals surface area contributed by atoms with Crippen LogP contribution in [0.4, 0.5) is 5.82 Å². The van der Waals surface area contributed by atoms with Crippen molar-refractivity contribution in [2.45, 2.75) is 19.9 Å². The van der Waals surface area contributed by atoms with Crippen LogP contribution in [0.25, 0.3) is 11.3 Å². The van der Waals surface area contributed by atoms with Gasteiger partial charge in [0.05, 0.1) is 5.69 Å². The van der Waals surface area contributed by atoms with Crippen molar-refractivity contribution in [3.63, 3.8) is 0 Å². The van der Waals surface area contributed by atoms with Gasteiger partial charge < -0.3 is 5.32 Å². The molecular formula is C13H15N3. The molecule has 1 aromatic carbocycles. The Morgan fingerprint density at radius 3 is 3.00 bits per heavy atom. The van der Waals surface area contributed by atoms with Crippen LogP contribution in [0, 0.1) is 6.92 Å². The summed E-state index contributed by atoms with van der Waals surface area (Å²) in [6.45, 7) is 4.20. The van der Waals surface area contributed by atoms with Crippen LogP contribution >= 0.6 is 0 Å². The van der Waals surface area contributed by atoms with E-state index >= 15 is 0 Å². The summed E-state index contributed by atoms with van der Waals surface area (Å²) in [6.07, 6.45) is 1.15. The van der Waals surface area contributed by atoms with E-state index in [0.717, 1.165) is 31.0 Å². The van der Waals surface area contributed by atoms with Gasteiger partial charge in [-0.15, -0.1) is 0 Å². The van der Waals surface area contributed by atoms with E-state index in [-0.39, 0.29) is 0 Å². The predicted octanol–water partition coefficient (Wildman–Crippen LogP) is 2.67. The molecule has 3 nitrogen and oxygen atoms in total. The monoisotopic (exact) mass is 213 g/mol. The van der Waals surface area contributed by atoms with Crippen LogP contribution in [-0.2, 0) is 6.54 Å². The highest BCUT2D eigenvalue weighted by Gasteiger charge is 2.13. The molecular weight excluding hydrogens is 198 g/mol. The maximum atomic E-state index is 4.64. The van der Waals surface area contributed by atoms with Gasteiger partial charge in [-0.05, 0) is 18.9 Å². The SMILES string of the molecule is Cc1ccccc1-c1cc2n(n1)CCCN2. The van der Waals surface area contributed by atoms with Gasteiger partial charge in [0, 0.05) is 24.7 Å². The van der Waals surface area contributed by atoms with Crippen molar-refractivity contribution >= 4 is 5.82 Å². The van der Waals surface area contributed by atoms with E-state index in [2.05, 4.69) is 52.4 Å². The third kappa shape index (κ3) is 1.48. The molecule has 3 heteroatoms. The van der Waals surface area contributed by atoms with E-state index in [9.17, 15) is 0 Å². The van der Waals surface area contributed by atoms with Gasteiger partial charge in [0.25, 0.3) is 0 Å². The van der Waals surface area contributed by atoms with Crippen LogP contribution in [-0.4, -0.2) is 16.3 Å². The number of nitrogens with one attached hydrogen (secondary N) is 1. The number of anilines is 1. The third-order valence-corrected chi connectivity index (χ3v) is 3.05. The minimum atomic E-state index is 1.02. The number of hydrogen-bond acceptors (Lipinski definition) is 2. The Morgan fingerprint density at radius 1 is 1.31 bits per heavy atom. The fourth-order valence-corrected chi connectivity index (χ4v) is 2.17. The van der Waals surface area contributed by atoms with Crippen molar-refractivity contribution in [2.24, 2.45) is 0 Å². The van der Waals surface area contributed by atoms with Crippen LogP contribution in [0.3, 0.4) is 0 Å². The van der Waals surface area contributed by atoms with Gasteiger partial charge in [-0.1, -0.05) is 24.3 Å². The van der Waals surface area contributed by atoms with E-state index in [1.54, 1.807) is 0 Å².